The van der Waals surface area contributed by atoms with E-state index in [0.29, 0.717) is 19.5 Å². The van der Waals surface area contributed by atoms with Gasteiger partial charge in [-0.25, -0.2) is 0 Å². The molecule has 0 bridgehead atoms. The molecule has 1 aliphatic carbocycles. The molecule has 5 heteroatoms. The Morgan fingerprint density at radius 1 is 1.30 bits per heavy atom. The van der Waals surface area contributed by atoms with Crippen LogP contribution in [-0.2, 0) is 4.79 Å². The summed E-state index contributed by atoms with van der Waals surface area (Å²) >= 11 is 0. The first kappa shape index (κ1) is 15.3. The highest BCUT2D eigenvalue weighted by Gasteiger charge is 2.41. The lowest BCUT2D eigenvalue weighted by Gasteiger charge is -2.46. The molecular weight excluding hydrogens is 254 g/mol. The van der Waals surface area contributed by atoms with E-state index in [9.17, 15) is 15.2 Å². The lowest BCUT2D eigenvalue weighted by Crippen LogP contribution is -2.63. The van der Waals surface area contributed by atoms with Gasteiger partial charge >= 0.3 is 0 Å². The second kappa shape index (κ2) is 6.11. The van der Waals surface area contributed by atoms with Crippen LogP contribution in [0.25, 0.3) is 0 Å². The highest BCUT2D eigenvalue weighted by Crippen LogP contribution is 2.27. The molecule has 0 radical (unpaired) electrons. The van der Waals surface area contributed by atoms with E-state index in [1.165, 1.54) is 0 Å². The van der Waals surface area contributed by atoms with Gasteiger partial charge in [0, 0.05) is 13.1 Å². The van der Waals surface area contributed by atoms with Gasteiger partial charge in [0.1, 0.15) is 5.54 Å². The topological polar surface area (TPSA) is 76.4 Å². The van der Waals surface area contributed by atoms with Crippen LogP contribution in [0, 0.1) is 11.3 Å². The van der Waals surface area contributed by atoms with Crippen molar-refractivity contribution < 1.29 is 9.90 Å². The fourth-order valence-electron chi connectivity index (χ4n) is 3.23. The van der Waals surface area contributed by atoms with Crippen LogP contribution >= 0.6 is 0 Å². The van der Waals surface area contributed by atoms with Gasteiger partial charge in [0.15, 0.2) is 0 Å². The van der Waals surface area contributed by atoms with Crippen molar-refractivity contribution in [3.63, 3.8) is 0 Å². The molecule has 0 spiro atoms. The first-order valence-electron chi connectivity index (χ1n) is 7.68. The maximum absolute atomic E-state index is 12.1. The maximum atomic E-state index is 12.1. The minimum Gasteiger partial charge on any atom is -0.387 e. The van der Waals surface area contributed by atoms with Gasteiger partial charge in [0.05, 0.1) is 18.2 Å². The van der Waals surface area contributed by atoms with Crippen molar-refractivity contribution >= 4 is 5.91 Å². The number of rotatable bonds is 4. The third-order valence-corrected chi connectivity index (χ3v) is 4.61. The molecule has 2 aliphatic rings. The average molecular weight is 279 g/mol. The zero-order valence-corrected chi connectivity index (χ0v) is 12.3. The molecule has 20 heavy (non-hydrogen) atoms. The number of nitriles is 1. The van der Waals surface area contributed by atoms with E-state index in [4.69, 9.17) is 0 Å². The maximum Gasteiger partial charge on any atom is 0.235 e. The fourth-order valence-corrected chi connectivity index (χ4v) is 3.23. The number of carbonyl (C=O) groups excluding carboxylic acids is 1. The lowest BCUT2D eigenvalue weighted by atomic mass is 9.90. The van der Waals surface area contributed by atoms with E-state index in [1.807, 2.05) is 11.8 Å². The normalized spacial score (nSPS) is 25.1. The summed E-state index contributed by atoms with van der Waals surface area (Å²) in [7, 11) is 0. The van der Waals surface area contributed by atoms with Crippen molar-refractivity contribution in [3.05, 3.63) is 0 Å². The van der Waals surface area contributed by atoms with E-state index < -0.39 is 11.1 Å². The lowest BCUT2D eigenvalue weighted by molar-refractivity contribution is -0.134. The van der Waals surface area contributed by atoms with Crippen LogP contribution in [-0.4, -0.2) is 46.7 Å². The molecule has 2 N–H and O–H groups in total. The van der Waals surface area contributed by atoms with E-state index in [1.54, 1.807) is 0 Å². The Balaban J connectivity index is 1.83. The summed E-state index contributed by atoms with van der Waals surface area (Å²) in [5.74, 6) is -0.0911. The smallest absolute Gasteiger partial charge is 0.235 e. The molecule has 1 aliphatic heterocycles. The van der Waals surface area contributed by atoms with E-state index in [2.05, 4.69) is 11.4 Å². The van der Waals surface area contributed by atoms with E-state index in [0.717, 1.165) is 38.5 Å². The molecule has 5 nitrogen and oxygen atoms in total. The molecular formula is C15H25N3O2. The fraction of sp³-hybridized carbons (Fsp3) is 0.867. The number of amides is 1. The third kappa shape index (κ3) is 3.50. The van der Waals surface area contributed by atoms with Gasteiger partial charge in [-0.2, -0.15) is 5.26 Å². The molecule has 1 heterocycles. The number of aliphatic hydroxyl groups is 1. The van der Waals surface area contributed by atoms with Crippen LogP contribution in [0.3, 0.4) is 0 Å². The monoisotopic (exact) mass is 279 g/mol. The number of carbonyl (C=O) groups is 1. The van der Waals surface area contributed by atoms with Gasteiger partial charge in [0.2, 0.25) is 5.91 Å². The van der Waals surface area contributed by atoms with Gasteiger partial charge in [-0.1, -0.05) is 32.6 Å². The van der Waals surface area contributed by atoms with Gasteiger partial charge in [-0.15, -0.1) is 0 Å². The molecule has 2 fully saturated rings. The first-order chi connectivity index (χ1) is 9.51. The molecule has 1 saturated carbocycles. The van der Waals surface area contributed by atoms with Gasteiger partial charge in [0.25, 0.3) is 0 Å². The Kier molecular flexibility index (Phi) is 4.66. The second-order valence-corrected chi connectivity index (χ2v) is 6.38. The van der Waals surface area contributed by atoms with Gasteiger partial charge < -0.3 is 10.4 Å². The number of likely N-dealkylation sites (tertiary alicyclic amines) is 1. The number of nitrogens with zero attached hydrogens (tertiary/aromatic N) is 2. The molecule has 2 rings (SSSR count). The first-order valence-corrected chi connectivity index (χ1v) is 7.68. The van der Waals surface area contributed by atoms with Crippen molar-refractivity contribution in [3.8, 4) is 6.07 Å². The van der Waals surface area contributed by atoms with Crippen LogP contribution in [0.4, 0.5) is 0 Å². The number of hydrogen-bond donors (Lipinski definition) is 2. The SMILES string of the molecule is CCC1(O)CN(CC(=O)NC2(C#N)CCCCCC2)C1. The molecule has 0 unspecified atom stereocenters. The summed E-state index contributed by atoms with van der Waals surface area (Å²) < 4.78 is 0. The Morgan fingerprint density at radius 2 is 1.90 bits per heavy atom. The molecule has 1 saturated heterocycles. The predicted octanol–water partition coefficient (Wildman–Crippen LogP) is 1.18. The van der Waals surface area contributed by atoms with Crippen LogP contribution in [0.5, 0.6) is 0 Å². The quantitative estimate of drug-likeness (QED) is 0.758. The molecule has 0 aromatic heterocycles. The van der Waals surface area contributed by atoms with Crippen molar-refractivity contribution in [1.29, 1.82) is 5.26 Å². The largest absolute Gasteiger partial charge is 0.387 e. The Labute approximate surface area is 120 Å². The van der Waals surface area contributed by atoms with Crippen molar-refractivity contribution in [1.82, 2.24) is 10.2 Å². The van der Waals surface area contributed by atoms with Crippen LogP contribution in [0.1, 0.15) is 51.9 Å². The predicted molar refractivity (Wildman–Crippen MR) is 75.9 cm³/mol. The van der Waals surface area contributed by atoms with Gasteiger partial charge in [-0.3, -0.25) is 9.69 Å². The Hall–Kier alpha value is -1.12. The summed E-state index contributed by atoms with van der Waals surface area (Å²) in [5.41, 5.74) is -1.28. The molecule has 0 aromatic rings. The van der Waals surface area contributed by atoms with Gasteiger partial charge in [-0.05, 0) is 19.3 Å². The van der Waals surface area contributed by atoms with Crippen LogP contribution < -0.4 is 5.32 Å². The molecule has 0 atom stereocenters. The second-order valence-electron chi connectivity index (χ2n) is 6.38. The number of β-amino-alcohol motifs (C(OH)–C–C–N with tert-alkyl or cyclic N) is 1. The standard InChI is InChI=1S/C15H25N3O2/c1-2-15(20)11-18(12-15)9-13(19)17-14(10-16)7-5-3-4-6-8-14/h20H,2-9,11-12H2,1H3,(H,17,19). The highest BCUT2D eigenvalue weighted by atomic mass is 16.3. The number of hydrogen-bond acceptors (Lipinski definition) is 4. The number of nitrogens with one attached hydrogen (secondary N) is 1. The zero-order chi connectivity index (χ0) is 14.6. The van der Waals surface area contributed by atoms with E-state index in [-0.39, 0.29) is 12.5 Å². The summed E-state index contributed by atoms with van der Waals surface area (Å²) in [6.45, 7) is 3.34. The Bertz CT molecular complexity index is 388. The summed E-state index contributed by atoms with van der Waals surface area (Å²) in [6, 6.07) is 2.33. The van der Waals surface area contributed by atoms with Crippen molar-refractivity contribution in [2.75, 3.05) is 19.6 Å². The molecule has 1 amide bonds. The Morgan fingerprint density at radius 3 is 2.40 bits per heavy atom. The minimum absolute atomic E-state index is 0.0911. The summed E-state index contributed by atoms with van der Waals surface area (Å²) in [5, 5.41) is 22.3. The minimum atomic E-state index is -0.667. The average Bonchev–Trinajstić information content (AvgIpc) is 2.63. The van der Waals surface area contributed by atoms with Crippen molar-refractivity contribution in [2.24, 2.45) is 0 Å². The zero-order valence-electron chi connectivity index (χ0n) is 12.3. The highest BCUT2D eigenvalue weighted by molar-refractivity contribution is 5.79. The van der Waals surface area contributed by atoms with Crippen LogP contribution in [0.2, 0.25) is 0 Å². The van der Waals surface area contributed by atoms with Crippen molar-refractivity contribution in [2.45, 2.75) is 63.0 Å². The van der Waals surface area contributed by atoms with Crippen LogP contribution in [0.15, 0.2) is 0 Å². The molecule has 0 aromatic carbocycles. The summed E-state index contributed by atoms with van der Waals surface area (Å²) in [6.07, 6.45) is 6.54. The summed E-state index contributed by atoms with van der Waals surface area (Å²) in [4.78, 5) is 14.0. The van der Waals surface area contributed by atoms with E-state index >= 15 is 0 Å². The third-order valence-electron chi connectivity index (χ3n) is 4.61. The molecule has 112 valence electrons.